The van der Waals surface area contributed by atoms with E-state index in [0.717, 1.165) is 25.7 Å². The summed E-state index contributed by atoms with van der Waals surface area (Å²) in [5.41, 5.74) is 6.04. The Morgan fingerprint density at radius 3 is 2.95 bits per heavy atom. The molecule has 0 bridgehead atoms. The van der Waals surface area contributed by atoms with Gasteiger partial charge in [0.2, 0.25) is 10.0 Å². The Labute approximate surface area is 114 Å². The summed E-state index contributed by atoms with van der Waals surface area (Å²) in [5.74, 6) is 0.535. The van der Waals surface area contributed by atoms with E-state index in [4.69, 9.17) is 10.3 Å². The highest BCUT2D eigenvalue weighted by Crippen LogP contribution is 2.24. The zero-order valence-electron chi connectivity index (χ0n) is 11.2. The number of hydrogen-bond donors (Lipinski definition) is 1. The largest absolute Gasteiger partial charge is 0.361 e. The van der Waals surface area contributed by atoms with Crippen LogP contribution in [0.2, 0.25) is 0 Å². The van der Waals surface area contributed by atoms with Crippen molar-refractivity contribution < 1.29 is 12.9 Å². The topological polar surface area (TPSA) is 89.4 Å². The fraction of sp³-hybridized carbons (Fsp3) is 0.750. The minimum Gasteiger partial charge on any atom is -0.361 e. The Balaban J connectivity index is 2.12. The highest BCUT2D eigenvalue weighted by atomic mass is 32.2. The Morgan fingerprint density at radius 2 is 2.32 bits per heavy atom. The average molecular weight is 287 g/mol. The summed E-state index contributed by atoms with van der Waals surface area (Å²) in [6, 6.07) is 1.70. The first kappa shape index (κ1) is 14.5. The zero-order valence-corrected chi connectivity index (χ0v) is 12.0. The molecule has 108 valence electrons. The van der Waals surface area contributed by atoms with Crippen LogP contribution in [0.15, 0.2) is 10.6 Å². The number of nitrogens with zero attached hydrogens (tertiary/aromatic N) is 2. The minimum atomic E-state index is -3.34. The van der Waals surface area contributed by atoms with Crippen LogP contribution in [0.3, 0.4) is 0 Å². The van der Waals surface area contributed by atoms with Crippen LogP contribution in [-0.4, -0.2) is 37.0 Å². The van der Waals surface area contributed by atoms with E-state index >= 15 is 0 Å². The molecular formula is C12H21N3O3S. The first-order chi connectivity index (χ1) is 9.03. The van der Waals surface area contributed by atoms with Crippen molar-refractivity contribution in [3.8, 4) is 0 Å². The predicted octanol–water partition coefficient (Wildman–Crippen LogP) is 1.02. The van der Waals surface area contributed by atoms with Gasteiger partial charge in [0.1, 0.15) is 17.2 Å². The highest BCUT2D eigenvalue weighted by molar-refractivity contribution is 7.88. The van der Waals surface area contributed by atoms with Crippen molar-refractivity contribution >= 4 is 10.0 Å². The van der Waals surface area contributed by atoms with Gasteiger partial charge < -0.3 is 10.3 Å². The number of sulfonamides is 1. The van der Waals surface area contributed by atoms with E-state index in [1.54, 1.807) is 17.3 Å². The van der Waals surface area contributed by atoms with E-state index in [2.05, 4.69) is 5.16 Å². The summed E-state index contributed by atoms with van der Waals surface area (Å²) in [6.45, 7) is 2.85. The minimum absolute atomic E-state index is 0.0387. The van der Waals surface area contributed by atoms with E-state index in [-0.39, 0.29) is 11.8 Å². The third kappa shape index (κ3) is 3.55. The second kappa shape index (κ2) is 6.02. The summed E-state index contributed by atoms with van der Waals surface area (Å²) in [4.78, 5) is 0. The van der Waals surface area contributed by atoms with Gasteiger partial charge in [0.05, 0.1) is 0 Å². The molecule has 2 N–H and O–H groups in total. The maximum Gasteiger partial charge on any atom is 0.220 e. The third-order valence-electron chi connectivity index (χ3n) is 3.44. The van der Waals surface area contributed by atoms with Gasteiger partial charge in [-0.25, -0.2) is 8.42 Å². The number of nitrogens with two attached hydrogens (primary N) is 1. The van der Waals surface area contributed by atoms with Crippen molar-refractivity contribution in [2.75, 3.05) is 13.1 Å². The highest BCUT2D eigenvalue weighted by Gasteiger charge is 2.32. The Kier molecular flexibility index (Phi) is 4.59. The van der Waals surface area contributed by atoms with Crippen LogP contribution in [0.5, 0.6) is 0 Å². The van der Waals surface area contributed by atoms with Gasteiger partial charge in [-0.2, -0.15) is 4.31 Å². The molecule has 0 saturated carbocycles. The molecule has 0 aromatic carbocycles. The summed E-state index contributed by atoms with van der Waals surface area (Å²) in [7, 11) is -3.34. The molecule has 0 spiro atoms. The molecule has 1 aromatic heterocycles. The molecule has 1 aliphatic rings. The van der Waals surface area contributed by atoms with E-state index in [9.17, 15) is 8.42 Å². The monoisotopic (exact) mass is 287 g/mol. The molecule has 1 aliphatic heterocycles. The lowest BCUT2D eigenvalue weighted by atomic mass is 10.0. The zero-order chi connectivity index (χ0) is 13.9. The second-order valence-corrected chi connectivity index (χ2v) is 6.94. The normalized spacial score (nSPS) is 21.7. The molecule has 1 atom stereocenters. The number of aryl methyl sites for hydroxylation is 1. The fourth-order valence-corrected chi connectivity index (χ4v) is 4.32. The fourth-order valence-electron chi connectivity index (χ4n) is 2.58. The third-order valence-corrected chi connectivity index (χ3v) is 5.29. The van der Waals surface area contributed by atoms with E-state index in [0.29, 0.717) is 24.5 Å². The van der Waals surface area contributed by atoms with E-state index < -0.39 is 10.0 Å². The lowest BCUT2D eigenvalue weighted by Gasteiger charge is -2.34. The molecule has 7 heteroatoms. The number of aromatic nitrogens is 1. The van der Waals surface area contributed by atoms with Crippen molar-refractivity contribution in [3.05, 3.63) is 17.5 Å². The lowest BCUT2D eigenvalue weighted by Crippen LogP contribution is -2.45. The van der Waals surface area contributed by atoms with E-state index in [1.807, 2.05) is 0 Å². The Hall–Kier alpha value is -0.920. The summed E-state index contributed by atoms with van der Waals surface area (Å²) >= 11 is 0. The summed E-state index contributed by atoms with van der Waals surface area (Å²) in [6.07, 6.45) is 3.60. The number of rotatable bonds is 5. The second-order valence-electron chi connectivity index (χ2n) is 5.02. The SMILES string of the molecule is Cc1cc(CS(=O)(=O)N2CCCCC2CCN)no1. The van der Waals surface area contributed by atoms with Crippen LogP contribution in [0, 0.1) is 6.92 Å². The molecule has 2 rings (SSSR count). The molecule has 6 nitrogen and oxygen atoms in total. The molecule has 1 fully saturated rings. The summed E-state index contributed by atoms with van der Waals surface area (Å²) < 4.78 is 31.4. The van der Waals surface area contributed by atoms with Gasteiger partial charge in [-0.1, -0.05) is 11.6 Å². The van der Waals surface area contributed by atoms with Crippen LogP contribution >= 0.6 is 0 Å². The van der Waals surface area contributed by atoms with Crippen molar-refractivity contribution in [2.45, 2.75) is 44.4 Å². The molecule has 1 unspecified atom stereocenters. The molecule has 19 heavy (non-hydrogen) atoms. The Morgan fingerprint density at radius 1 is 1.53 bits per heavy atom. The molecular weight excluding hydrogens is 266 g/mol. The van der Waals surface area contributed by atoms with Gasteiger partial charge in [-0.15, -0.1) is 0 Å². The summed E-state index contributed by atoms with van der Waals surface area (Å²) in [5, 5.41) is 3.76. The first-order valence-corrected chi connectivity index (χ1v) is 8.25. The van der Waals surface area contributed by atoms with Crippen molar-refractivity contribution in [3.63, 3.8) is 0 Å². The smallest absolute Gasteiger partial charge is 0.220 e. The van der Waals surface area contributed by atoms with Gasteiger partial charge in [-0.3, -0.25) is 0 Å². The van der Waals surface area contributed by atoms with E-state index in [1.165, 1.54) is 0 Å². The van der Waals surface area contributed by atoms with Crippen molar-refractivity contribution in [1.29, 1.82) is 0 Å². The standard InChI is InChI=1S/C12H21N3O3S/c1-10-8-11(14-18-10)9-19(16,17)15-7-3-2-4-12(15)5-6-13/h8,12H,2-7,9,13H2,1H3. The molecule has 0 amide bonds. The maximum absolute atomic E-state index is 12.5. The molecule has 0 aliphatic carbocycles. The number of piperidine rings is 1. The van der Waals surface area contributed by atoms with Crippen LogP contribution < -0.4 is 5.73 Å². The van der Waals surface area contributed by atoms with Crippen LogP contribution in [-0.2, 0) is 15.8 Å². The molecule has 1 aromatic rings. The predicted molar refractivity (Wildman–Crippen MR) is 71.9 cm³/mol. The van der Waals surface area contributed by atoms with Gasteiger partial charge >= 0.3 is 0 Å². The van der Waals surface area contributed by atoms with Crippen LogP contribution in [0.25, 0.3) is 0 Å². The van der Waals surface area contributed by atoms with Gasteiger partial charge in [0.25, 0.3) is 0 Å². The quantitative estimate of drug-likeness (QED) is 0.873. The van der Waals surface area contributed by atoms with Gasteiger partial charge in [-0.05, 0) is 32.7 Å². The molecule has 1 saturated heterocycles. The van der Waals surface area contributed by atoms with Gasteiger partial charge in [0.15, 0.2) is 0 Å². The van der Waals surface area contributed by atoms with Crippen molar-refractivity contribution in [2.24, 2.45) is 5.73 Å². The molecule has 0 radical (unpaired) electrons. The van der Waals surface area contributed by atoms with Crippen molar-refractivity contribution in [1.82, 2.24) is 9.46 Å². The Bertz CT molecular complexity index is 510. The van der Waals surface area contributed by atoms with Crippen LogP contribution in [0.4, 0.5) is 0 Å². The number of hydrogen-bond acceptors (Lipinski definition) is 5. The molecule has 2 heterocycles. The first-order valence-electron chi connectivity index (χ1n) is 6.64. The average Bonchev–Trinajstić information content (AvgIpc) is 2.75. The lowest BCUT2D eigenvalue weighted by molar-refractivity contribution is 0.242. The van der Waals surface area contributed by atoms with Crippen LogP contribution in [0.1, 0.15) is 37.1 Å². The maximum atomic E-state index is 12.5. The van der Waals surface area contributed by atoms with Gasteiger partial charge in [0, 0.05) is 18.7 Å².